The van der Waals surface area contributed by atoms with Crippen molar-refractivity contribution in [3.8, 4) is 22.6 Å². The Hall–Kier alpha value is -3.36. The van der Waals surface area contributed by atoms with Gasteiger partial charge in [0.2, 0.25) is 5.95 Å². The van der Waals surface area contributed by atoms with Crippen LogP contribution in [-0.4, -0.2) is 58.3 Å². The third kappa shape index (κ3) is 3.87. The molecule has 4 rings (SSSR count). The van der Waals surface area contributed by atoms with Crippen LogP contribution in [-0.2, 0) is 9.47 Å². The average molecular weight is 423 g/mol. The van der Waals surface area contributed by atoms with Gasteiger partial charge in [0.25, 0.3) is 0 Å². The normalized spacial score (nSPS) is 11.4. The molecule has 2 aromatic carbocycles. The summed E-state index contributed by atoms with van der Waals surface area (Å²) in [7, 11) is 8.34. The summed E-state index contributed by atoms with van der Waals surface area (Å²) in [5.41, 5.74) is 2.51. The van der Waals surface area contributed by atoms with Gasteiger partial charge in [-0.1, -0.05) is 0 Å². The lowest BCUT2D eigenvalue weighted by Gasteiger charge is -2.22. The Labute approximate surface area is 180 Å². The highest BCUT2D eigenvalue weighted by Gasteiger charge is 2.18. The molecule has 0 unspecified atom stereocenters. The number of nitrogens with zero attached hydrogens (tertiary/aromatic N) is 3. The molecule has 0 spiro atoms. The van der Waals surface area contributed by atoms with Crippen LogP contribution < -0.4 is 14.4 Å². The van der Waals surface area contributed by atoms with Gasteiger partial charge in [-0.05, 0) is 35.0 Å². The molecule has 0 saturated heterocycles. The molecule has 0 fully saturated rings. The van der Waals surface area contributed by atoms with Crippen molar-refractivity contribution in [2.24, 2.45) is 0 Å². The van der Waals surface area contributed by atoms with Crippen molar-refractivity contribution in [3.05, 3.63) is 42.9 Å². The van der Waals surface area contributed by atoms with E-state index in [-0.39, 0.29) is 6.29 Å². The van der Waals surface area contributed by atoms with Crippen LogP contribution in [0.5, 0.6) is 11.5 Å². The number of benzene rings is 2. The first-order valence-corrected chi connectivity index (χ1v) is 9.74. The van der Waals surface area contributed by atoms with Crippen LogP contribution in [0.3, 0.4) is 0 Å². The molecule has 0 bridgehead atoms. The first kappa shape index (κ1) is 20.9. The summed E-state index contributed by atoms with van der Waals surface area (Å²) in [5, 5.41) is 2.95. The molecule has 0 N–H and O–H groups in total. The maximum atomic E-state index is 5.83. The SMILES string of the molecule is COc1cc2cc3ccoc3c(-c3cnc(N(C)CC(OC)OC)nc3)c2cc1OC. The number of ether oxygens (including phenoxy) is 4. The van der Waals surface area contributed by atoms with Gasteiger partial charge in [0.15, 0.2) is 17.8 Å². The molecular weight excluding hydrogens is 398 g/mol. The first-order chi connectivity index (χ1) is 15.1. The molecule has 162 valence electrons. The van der Waals surface area contributed by atoms with Crippen LogP contribution in [0.4, 0.5) is 5.95 Å². The molecule has 0 atom stereocenters. The Morgan fingerprint density at radius 3 is 2.26 bits per heavy atom. The van der Waals surface area contributed by atoms with Gasteiger partial charge in [-0.3, -0.25) is 0 Å². The number of rotatable bonds is 8. The Morgan fingerprint density at radius 1 is 0.935 bits per heavy atom. The minimum absolute atomic E-state index is 0.364. The summed E-state index contributed by atoms with van der Waals surface area (Å²) in [6.07, 6.45) is 4.90. The molecule has 4 aromatic rings. The van der Waals surface area contributed by atoms with Crippen LogP contribution in [0.2, 0.25) is 0 Å². The van der Waals surface area contributed by atoms with Crippen molar-refractivity contribution >= 4 is 27.7 Å². The largest absolute Gasteiger partial charge is 0.493 e. The van der Waals surface area contributed by atoms with Crippen molar-refractivity contribution < 1.29 is 23.4 Å². The fraction of sp³-hybridized carbons (Fsp3) is 0.304. The maximum absolute atomic E-state index is 5.83. The highest BCUT2D eigenvalue weighted by Crippen LogP contribution is 2.41. The van der Waals surface area contributed by atoms with Gasteiger partial charge in [0, 0.05) is 50.2 Å². The van der Waals surface area contributed by atoms with Crippen molar-refractivity contribution in [3.63, 3.8) is 0 Å². The predicted octanol–water partition coefficient (Wildman–Crippen LogP) is 4.12. The van der Waals surface area contributed by atoms with Gasteiger partial charge < -0.3 is 28.3 Å². The van der Waals surface area contributed by atoms with E-state index in [0.29, 0.717) is 24.0 Å². The molecule has 0 amide bonds. The first-order valence-electron chi connectivity index (χ1n) is 9.74. The van der Waals surface area contributed by atoms with Gasteiger partial charge in [-0.25, -0.2) is 9.97 Å². The number of methoxy groups -OCH3 is 4. The summed E-state index contributed by atoms with van der Waals surface area (Å²) in [4.78, 5) is 11.0. The molecule has 0 saturated carbocycles. The van der Waals surface area contributed by atoms with Crippen molar-refractivity contribution in [2.45, 2.75) is 6.29 Å². The molecule has 0 aliphatic heterocycles. The Kier molecular flexibility index (Phi) is 5.92. The fourth-order valence-electron chi connectivity index (χ4n) is 3.64. The van der Waals surface area contributed by atoms with E-state index in [1.807, 2.05) is 30.1 Å². The van der Waals surface area contributed by atoms with Gasteiger partial charge >= 0.3 is 0 Å². The molecule has 8 heteroatoms. The molecule has 2 heterocycles. The van der Waals surface area contributed by atoms with Crippen molar-refractivity contribution in [2.75, 3.05) is 46.9 Å². The second kappa shape index (κ2) is 8.79. The zero-order valence-corrected chi connectivity index (χ0v) is 18.2. The molecule has 0 radical (unpaired) electrons. The van der Waals surface area contributed by atoms with Gasteiger partial charge in [-0.2, -0.15) is 0 Å². The van der Waals surface area contributed by atoms with Crippen LogP contribution in [0.15, 0.2) is 47.3 Å². The van der Waals surface area contributed by atoms with Crippen LogP contribution >= 0.6 is 0 Å². The summed E-state index contributed by atoms with van der Waals surface area (Å²) < 4.78 is 27.3. The summed E-state index contributed by atoms with van der Waals surface area (Å²) in [6.45, 7) is 0.500. The van der Waals surface area contributed by atoms with E-state index in [4.69, 9.17) is 23.4 Å². The summed E-state index contributed by atoms with van der Waals surface area (Å²) in [5.74, 6) is 1.88. The smallest absolute Gasteiger partial charge is 0.225 e. The van der Waals surface area contributed by atoms with E-state index in [1.54, 1.807) is 47.1 Å². The molecule has 31 heavy (non-hydrogen) atoms. The minimum Gasteiger partial charge on any atom is -0.493 e. The summed E-state index contributed by atoms with van der Waals surface area (Å²) >= 11 is 0. The second-order valence-corrected chi connectivity index (χ2v) is 7.07. The lowest BCUT2D eigenvalue weighted by atomic mass is 9.97. The van der Waals surface area contributed by atoms with Gasteiger partial charge in [0.05, 0.1) is 27.0 Å². The topological polar surface area (TPSA) is 79.1 Å². The number of hydrogen-bond donors (Lipinski definition) is 0. The van der Waals surface area contributed by atoms with E-state index in [0.717, 1.165) is 32.9 Å². The molecule has 2 aromatic heterocycles. The second-order valence-electron chi connectivity index (χ2n) is 7.07. The lowest BCUT2D eigenvalue weighted by Crippen LogP contribution is -2.32. The predicted molar refractivity (Wildman–Crippen MR) is 119 cm³/mol. The average Bonchev–Trinajstić information content (AvgIpc) is 3.28. The summed E-state index contributed by atoms with van der Waals surface area (Å²) in [6, 6.07) is 7.92. The number of anilines is 1. The highest BCUT2D eigenvalue weighted by atomic mass is 16.7. The monoisotopic (exact) mass is 423 g/mol. The van der Waals surface area contributed by atoms with Gasteiger partial charge in [-0.15, -0.1) is 0 Å². The molecule has 8 nitrogen and oxygen atoms in total. The van der Waals surface area contributed by atoms with E-state index in [2.05, 4.69) is 16.0 Å². The van der Waals surface area contributed by atoms with E-state index in [1.165, 1.54) is 0 Å². The molecule has 0 aliphatic carbocycles. The van der Waals surface area contributed by atoms with Crippen LogP contribution in [0.1, 0.15) is 0 Å². The zero-order chi connectivity index (χ0) is 22.0. The zero-order valence-electron chi connectivity index (χ0n) is 18.2. The third-order valence-electron chi connectivity index (χ3n) is 5.28. The van der Waals surface area contributed by atoms with Crippen molar-refractivity contribution in [1.82, 2.24) is 9.97 Å². The van der Waals surface area contributed by atoms with E-state index in [9.17, 15) is 0 Å². The third-order valence-corrected chi connectivity index (χ3v) is 5.28. The Morgan fingerprint density at radius 2 is 1.61 bits per heavy atom. The number of hydrogen-bond acceptors (Lipinski definition) is 8. The van der Waals surface area contributed by atoms with E-state index >= 15 is 0 Å². The van der Waals surface area contributed by atoms with Crippen LogP contribution in [0, 0.1) is 0 Å². The molecular formula is C23H25N3O5. The van der Waals surface area contributed by atoms with Crippen molar-refractivity contribution in [1.29, 1.82) is 0 Å². The number of fused-ring (bicyclic) bond motifs is 2. The maximum Gasteiger partial charge on any atom is 0.225 e. The fourth-order valence-corrected chi connectivity index (χ4v) is 3.64. The number of likely N-dealkylation sites (N-methyl/N-ethyl adjacent to an activating group) is 1. The minimum atomic E-state index is -0.364. The Bertz CT molecular complexity index is 1190. The lowest BCUT2D eigenvalue weighted by molar-refractivity contribution is -0.0945. The number of aromatic nitrogens is 2. The van der Waals surface area contributed by atoms with E-state index < -0.39 is 0 Å². The molecule has 0 aliphatic rings. The quantitative estimate of drug-likeness (QED) is 0.392. The Balaban J connectivity index is 1.81. The number of furan rings is 1. The van der Waals surface area contributed by atoms with Gasteiger partial charge in [0.1, 0.15) is 5.58 Å². The standard InChI is InChI=1S/C23H25N3O5/c1-26(13-20(29-4)30-5)23-24-11-16(12-25-23)21-17-10-19(28-3)18(27-2)9-15(17)8-14-6-7-31-22(14)21/h6-12,20H,13H2,1-5H3. The van der Waals surface area contributed by atoms with Crippen LogP contribution in [0.25, 0.3) is 32.9 Å². The highest BCUT2D eigenvalue weighted by molar-refractivity contribution is 6.11.